The summed E-state index contributed by atoms with van der Waals surface area (Å²) in [6.45, 7) is -24.2. The van der Waals surface area contributed by atoms with Gasteiger partial charge in [-0.1, -0.05) is 0 Å². The van der Waals surface area contributed by atoms with Gasteiger partial charge in [-0.15, -0.1) is 0 Å². The van der Waals surface area contributed by atoms with E-state index in [1.165, 1.54) is 6.07 Å². The molecule has 3 N–H and O–H groups in total. The van der Waals surface area contributed by atoms with Crippen molar-refractivity contribution >= 4 is 22.7 Å². The van der Waals surface area contributed by atoms with Gasteiger partial charge in [-0.2, -0.15) is 0 Å². The van der Waals surface area contributed by atoms with Gasteiger partial charge < -0.3 is 30.1 Å². The molecule has 2 aliphatic heterocycles. The molecule has 0 unspecified atom stereocenters. The Hall–Kier alpha value is -3.02. The highest BCUT2D eigenvalue weighted by atomic mass is 19.1. The first kappa shape index (κ1) is 11.4. The van der Waals surface area contributed by atoms with Gasteiger partial charge in [0, 0.05) is 44.3 Å². The van der Waals surface area contributed by atoms with Crippen molar-refractivity contribution in [2.24, 2.45) is 0 Å². The second-order valence-corrected chi connectivity index (χ2v) is 5.65. The largest absolute Gasteiger partial charge is 0.399 e. The number of nitro benzene ring substituents is 1. The zero-order chi connectivity index (χ0) is 38.6. The van der Waals surface area contributed by atoms with Crippen molar-refractivity contribution in [1.82, 2.24) is 0 Å². The summed E-state index contributed by atoms with van der Waals surface area (Å²) in [6, 6.07) is 4.79. The standard InChI is InChI=1S/C10H11FN2O3.C10H13FN2O.C2H6O/c11-9-7-8(13(14)15)1-2-10(9)12-3-5-16-6-4-12;11-9-7-8(12)1-2-10(9)13-3-5-14-6-4-13;1-2-3/h1-2,7H,3-6H2;1-2,7H,3-6,12H2;3H,2H2,1H3/i2*3D2,4D2,5D2,6D2;. The predicted octanol–water partition coefficient (Wildman–Crippen LogP) is 2.81. The molecule has 2 aromatic rings. The molecule has 0 aliphatic carbocycles. The number of nitrogens with zero attached hydrogens (tertiary/aromatic N) is 3. The first-order chi connectivity index (χ1) is 21.8. The van der Waals surface area contributed by atoms with Crippen LogP contribution in [0.1, 0.15) is 28.9 Å². The zero-order valence-corrected chi connectivity index (χ0v) is 16.9. The molecule has 0 amide bonds. The van der Waals surface area contributed by atoms with Crippen LogP contribution in [0, 0.1) is 21.7 Å². The molecule has 2 saturated heterocycles. The van der Waals surface area contributed by atoms with Crippen molar-refractivity contribution in [3.05, 3.63) is 58.1 Å². The molecule has 33 heavy (non-hydrogen) atoms. The fourth-order valence-corrected chi connectivity index (χ4v) is 2.12. The number of benzene rings is 2. The highest BCUT2D eigenvalue weighted by Crippen LogP contribution is 2.24. The minimum Gasteiger partial charge on any atom is -0.399 e. The van der Waals surface area contributed by atoms with Crippen LogP contribution >= 0.6 is 0 Å². The molecule has 2 aromatic carbocycles. The quantitative estimate of drug-likeness (QED) is 0.388. The number of nitrogen functional groups attached to an aromatic ring is 1. The van der Waals surface area contributed by atoms with Crippen LogP contribution in [0.25, 0.3) is 0 Å². The molecule has 0 saturated carbocycles. The van der Waals surface area contributed by atoms with E-state index in [0.717, 1.165) is 18.2 Å². The average Bonchev–Trinajstić information content (AvgIpc) is 2.89. The highest BCUT2D eigenvalue weighted by molar-refractivity contribution is 5.55. The smallest absolute Gasteiger partial charge is 0.272 e. The Bertz CT molecular complexity index is 1500. The van der Waals surface area contributed by atoms with E-state index in [1.807, 2.05) is 0 Å². The van der Waals surface area contributed by atoms with Gasteiger partial charge in [0.2, 0.25) is 0 Å². The molecule has 4 rings (SSSR count). The van der Waals surface area contributed by atoms with Crippen LogP contribution in [0.3, 0.4) is 0 Å². The van der Waals surface area contributed by atoms with Gasteiger partial charge in [-0.25, -0.2) is 8.78 Å². The number of rotatable bonds is 3. The monoisotopic (exact) mass is 484 g/mol. The second-order valence-electron chi connectivity index (χ2n) is 5.65. The lowest BCUT2D eigenvalue weighted by atomic mass is 10.2. The van der Waals surface area contributed by atoms with E-state index in [2.05, 4.69) is 9.47 Å². The molecule has 2 fully saturated rings. The van der Waals surface area contributed by atoms with Gasteiger partial charge in [-0.05, 0) is 31.2 Å². The van der Waals surface area contributed by atoms with Crippen LogP contribution < -0.4 is 15.5 Å². The molecule has 0 bridgehead atoms. The Labute approximate surface area is 213 Å². The van der Waals surface area contributed by atoms with E-state index in [0.29, 0.717) is 12.1 Å². The maximum absolute atomic E-state index is 14.2. The van der Waals surface area contributed by atoms with Gasteiger partial charge in [0.1, 0.15) is 5.82 Å². The molecule has 0 atom stereocenters. The summed E-state index contributed by atoms with van der Waals surface area (Å²) in [5.41, 5.74) is 3.15. The van der Waals surface area contributed by atoms with Crippen LogP contribution in [0.15, 0.2) is 36.4 Å². The lowest BCUT2D eigenvalue weighted by molar-refractivity contribution is -0.385. The fourth-order valence-electron chi connectivity index (χ4n) is 2.12. The summed E-state index contributed by atoms with van der Waals surface area (Å²) >= 11 is 0. The zero-order valence-electron chi connectivity index (χ0n) is 32.9. The normalized spacial score (nSPS) is 35.0. The first-order valence-electron chi connectivity index (χ1n) is 16.9. The Morgan fingerprint density at radius 1 is 1.00 bits per heavy atom. The maximum atomic E-state index is 14.2. The van der Waals surface area contributed by atoms with Crippen molar-refractivity contribution in [1.29, 1.82) is 0 Å². The lowest BCUT2D eigenvalue weighted by Gasteiger charge is -2.29. The molecule has 9 nitrogen and oxygen atoms in total. The number of aliphatic hydroxyl groups is 1. The molecule has 0 spiro atoms. The first-order valence-corrected chi connectivity index (χ1v) is 8.91. The minimum absolute atomic E-state index is 0.00153. The van der Waals surface area contributed by atoms with Crippen LogP contribution in [0.5, 0.6) is 0 Å². The summed E-state index contributed by atoms with van der Waals surface area (Å²) in [5, 5.41) is 18.2. The van der Waals surface area contributed by atoms with Crippen molar-refractivity contribution in [2.75, 3.05) is 74.4 Å². The Morgan fingerprint density at radius 2 is 1.42 bits per heavy atom. The van der Waals surface area contributed by atoms with Crippen LogP contribution in [0.2, 0.25) is 0 Å². The number of anilines is 3. The predicted molar refractivity (Wildman–Crippen MR) is 123 cm³/mol. The van der Waals surface area contributed by atoms with E-state index < -0.39 is 85.8 Å². The molecular weight excluding hydrogens is 438 g/mol. The number of nitro groups is 1. The van der Waals surface area contributed by atoms with Crippen molar-refractivity contribution in [2.45, 2.75) is 6.92 Å². The van der Waals surface area contributed by atoms with Crippen LogP contribution in [-0.4, -0.2) is 68.9 Å². The highest BCUT2D eigenvalue weighted by Gasteiger charge is 2.18. The number of aliphatic hydroxyl groups excluding tert-OH is 1. The number of halogens is 2. The number of hydrogen-bond donors (Lipinski definition) is 2. The molecule has 0 aromatic heterocycles. The minimum atomic E-state index is -3.34. The van der Waals surface area contributed by atoms with Crippen LogP contribution in [0.4, 0.5) is 31.5 Å². The van der Waals surface area contributed by atoms with E-state index in [9.17, 15) is 18.9 Å². The van der Waals surface area contributed by atoms with Gasteiger partial charge in [0.15, 0.2) is 5.82 Å². The summed E-state index contributed by atoms with van der Waals surface area (Å²) < 4.78 is 159. The van der Waals surface area contributed by atoms with Gasteiger partial charge >= 0.3 is 0 Å². The molecular formula is C22H30F2N4O5. The summed E-state index contributed by atoms with van der Waals surface area (Å²) in [4.78, 5) is 9.70. The molecule has 0 radical (unpaired) electrons. The molecule has 2 heterocycles. The summed E-state index contributed by atoms with van der Waals surface area (Å²) in [6.07, 6.45) is 0. The average molecular weight is 485 g/mol. The third-order valence-electron chi connectivity index (χ3n) is 3.43. The number of nitrogens with two attached hydrogens (primary N) is 1. The molecule has 11 heteroatoms. The SMILES string of the molecule is CCO.[2H]C1([2H])OC([2H])([2H])C([2H])([2H])N(c2ccc(N)cc2F)C1([2H])[2H].[2H]C1([2H])OC([2H])([2H])C([2H])([2H])N(c2ccc([N+](=O)[O-])cc2F)C1([2H])[2H]. The number of ether oxygens (including phenoxy) is 2. The summed E-state index contributed by atoms with van der Waals surface area (Å²) in [7, 11) is 0. The van der Waals surface area contributed by atoms with Crippen molar-refractivity contribution in [3.63, 3.8) is 0 Å². The number of morpholine rings is 2. The van der Waals surface area contributed by atoms with E-state index >= 15 is 0 Å². The summed E-state index contributed by atoms with van der Waals surface area (Å²) in [5.74, 6) is -2.52. The van der Waals surface area contributed by atoms with Crippen molar-refractivity contribution < 1.29 is 50.2 Å². The Balaban J connectivity index is 0.000000316. The number of non-ortho nitro benzene ring substituents is 1. The van der Waals surface area contributed by atoms with Gasteiger partial charge in [0.25, 0.3) is 5.69 Å². The second kappa shape index (κ2) is 13.5. The molecule has 182 valence electrons. The maximum Gasteiger partial charge on any atom is 0.272 e. The number of hydrogen-bond acceptors (Lipinski definition) is 8. The van der Waals surface area contributed by atoms with E-state index in [4.69, 9.17) is 32.8 Å². The topological polar surface area (TPSA) is 114 Å². The molecule has 2 aliphatic rings. The third-order valence-corrected chi connectivity index (χ3v) is 3.43. The van der Waals surface area contributed by atoms with E-state index in [1.54, 1.807) is 6.92 Å². The Morgan fingerprint density at radius 3 is 1.82 bits per heavy atom. The lowest BCUT2D eigenvalue weighted by Crippen LogP contribution is -2.36. The van der Waals surface area contributed by atoms with Crippen LogP contribution in [-0.2, 0) is 9.47 Å². The van der Waals surface area contributed by atoms with E-state index in [-0.39, 0.29) is 22.1 Å². The van der Waals surface area contributed by atoms with Gasteiger partial charge in [0.05, 0.1) is 70.5 Å². The third kappa shape index (κ3) is 8.12. The van der Waals surface area contributed by atoms with Crippen molar-refractivity contribution in [3.8, 4) is 0 Å². The fraction of sp³-hybridized carbons (Fsp3) is 0.455. The Kier molecular flexibility index (Phi) is 4.67. The van der Waals surface area contributed by atoms with Gasteiger partial charge in [-0.3, -0.25) is 10.1 Å².